The van der Waals surface area contributed by atoms with Crippen molar-refractivity contribution in [3.8, 4) is 0 Å². The van der Waals surface area contributed by atoms with Crippen LogP contribution in [0.15, 0.2) is 18.2 Å². The molecule has 0 aromatic heterocycles. The quantitative estimate of drug-likeness (QED) is 0.767. The van der Waals surface area contributed by atoms with Crippen molar-refractivity contribution in [2.75, 3.05) is 20.1 Å². The molecular formula is C19H34N2. The number of nitrogens with zero attached hydrogens (tertiary/aromatic N) is 1. The molecule has 120 valence electrons. The third-order valence-corrected chi connectivity index (χ3v) is 4.53. The number of hydrogen-bond donors (Lipinski definition) is 1. The molecule has 21 heavy (non-hydrogen) atoms. The summed E-state index contributed by atoms with van der Waals surface area (Å²) in [6.07, 6.45) is 1.16. The van der Waals surface area contributed by atoms with Gasteiger partial charge in [0.2, 0.25) is 0 Å². The second-order valence-corrected chi connectivity index (χ2v) is 6.79. The van der Waals surface area contributed by atoms with Gasteiger partial charge in [0, 0.05) is 12.1 Å². The lowest BCUT2D eigenvalue weighted by atomic mass is 9.98. The van der Waals surface area contributed by atoms with Crippen LogP contribution in [0.3, 0.4) is 0 Å². The van der Waals surface area contributed by atoms with E-state index in [1.165, 1.54) is 16.7 Å². The molecule has 1 rings (SSSR count). The minimum Gasteiger partial charge on any atom is -0.310 e. The molecule has 1 N–H and O–H groups in total. The second kappa shape index (κ2) is 8.55. The van der Waals surface area contributed by atoms with Crippen LogP contribution in [-0.2, 0) is 0 Å². The summed E-state index contributed by atoms with van der Waals surface area (Å²) < 4.78 is 0. The third-order valence-electron chi connectivity index (χ3n) is 4.53. The van der Waals surface area contributed by atoms with E-state index < -0.39 is 0 Å². The van der Waals surface area contributed by atoms with Crippen LogP contribution in [-0.4, -0.2) is 31.1 Å². The fourth-order valence-electron chi connectivity index (χ4n) is 2.89. The number of hydrogen-bond acceptors (Lipinski definition) is 2. The maximum absolute atomic E-state index is 3.65. The van der Waals surface area contributed by atoms with Crippen LogP contribution >= 0.6 is 0 Å². The molecule has 2 heteroatoms. The van der Waals surface area contributed by atoms with Crippen molar-refractivity contribution in [2.24, 2.45) is 5.92 Å². The summed E-state index contributed by atoms with van der Waals surface area (Å²) in [5, 5.41) is 3.65. The zero-order valence-electron chi connectivity index (χ0n) is 15.0. The van der Waals surface area contributed by atoms with Crippen LogP contribution < -0.4 is 5.32 Å². The topological polar surface area (TPSA) is 15.3 Å². The minimum absolute atomic E-state index is 0.454. The number of benzene rings is 1. The molecule has 0 bridgehead atoms. The van der Waals surface area contributed by atoms with Crippen molar-refractivity contribution in [3.63, 3.8) is 0 Å². The van der Waals surface area contributed by atoms with Crippen LogP contribution in [0.4, 0.5) is 0 Å². The largest absolute Gasteiger partial charge is 0.310 e. The zero-order chi connectivity index (χ0) is 16.0. The van der Waals surface area contributed by atoms with E-state index in [9.17, 15) is 0 Å². The normalized spacial score (nSPS) is 14.7. The van der Waals surface area contributed by atoms with Crippen molar-refractivity contribution in [1.82, 2.24) is 10.2 Å². The van der Waals surface area contributed by atoms with Gasteiger partial charge >= 0.3 is 0 Å². The van der Waals surface area contributed by atoms with E-state index in [0.717, 1.165) is 19.5 Å². The van der Waals surface area contributed by atoms with Gasteiger partial charge < -0.3 is 10.2 Å². The van der Waals surface area contributed by atoms with Crippen molar-refractivity contribution >= 4 is 0 Å². The molecule has 0 saturated heterocycles. The van der Waals surface area contributed by atoms with E-state index in [2.05, 4.69) is 77.0 Å². The van der Waals surface area contributed by atoms with Gasteiger partial charge in [-0.05, 0) is 58.8 Å². The van der Waals surface area contributed by atoms with Gasteiger partial charge in [-0.15, -0.1) is 0 Å². The first-order chi connectivity index (χ1) is 9.85. The van der Waals surface area contributed by atoms with Gasteiger partial charge in [0.25, 0.3) is 0 Å². The first-order valence-corrected chi connectivity index (χ1v) is 8.37. The molecule has 0 aliphatic rings. The van der Waals surface area contributed by atoms with Crippen LogP contribution in [0.25, 0.3) is 0 Å². The summed E-state index contributed by atoms with van der Waals surface area (Å²) >= 11 is 0. The first kappa shape index (κ1) is 18.2. The Morgan fingerprint density at radius 2 is 1.62 bits per heavy atom. The molecule has 2 nitrogen and oxygen atoms in total. The predicted molar refractivity (Wildman–Crippen MR) is 93.9 cm³/mol. The van der Waals surface area contributed by atoms with Gasteiger partial charge in [-0.25, -0.2) is 0 Å². The molecule has 0 aliphatic heterocycles. The maximum atomic E-state index is 3.65. The monoisotopic (exact) mass is 290 g/mol. The maximum Gasteiger partial charge on any atom is 0.0332 e. The van der Waals surface area contributed by atoms with Gasteiger partial charge in [-0.1, -0.05) is 50.1 Å². The zero-order valence-corrected chi connectivity index (χ0v) is 15.0. The minimum atomic E-state index is 0.454. The molecule has 1 aromatic rings. The summed E-state index contributed by atoms with van der Waals surface area (Å²) in [6, 6.07) is 7.99. The fourth-order valence-corrected chi connectivity index (χ4v) is 2.89. The van der Waals surface area contributed by atoms with E-state index in [-0.39, 0.29) is 0 Å². The van der Waals surface area contributed by atoms with E-state index in [1.807, 2.05) is 0 Å². The van der Waals surface area contributed by atoms with Crippen LogP contribution in [0.5, 0.6) is 0 Å². The Balaban J connectivity index is 2.73. The Bertz CT molecular complexity index is 405. The first-order valence-electron chi connectivity index (χ1n) is 8.37. The summed E-state index contributed by atoms with van der Waals surface area (Å²) in [4.78, 5) is 2.48. The molecule has 0 fully saturated rings. The Labute approximate surface area is 131 Å². The highest BCUT2D eigenvalue weighted by Crippen LogP contribution is 2.21. The van der Waals surface area contributed by atoms with E-state index in [4.69, 9.17) is 0 Å². The Kier molecular flexibility index (Phi) is 7.41. The molecular weight excluding hydrogens is 256 g/mol. The van der Waals surface area contributed by atoms with E-state index >= 15 is 0 Å². The van der Waals surface area contributed by atoms with Crippen molar-refractivity contribution in [3.05, 3.63) is 34.9 Å². The number of aryl methyl sites for hydroxylation is 2. The smallest absolute Gasteiger partial charge is 0.0332 e. The summed E-state index contributed by atoms with van der Waals surface area (Å²) in [6.45, 7) is 15.6. The molecule has 0 saturated carbocycles. The molecule has 2 atom stereocenters. The van der Waals surface area contributed by atoms with Gasteiger partial charge in [0.15, 0.2) is 0 Å². The van der Waals surface area contributed by atoms with Crippen molar-refractivity contribution in [2.45, 2.75) is 60.0 Å². The highest BCUT2D eigenvalue weighted by molar-refractivity contribution is 5.30. The lowest BCUT2D eigenvalue weighted by Gasteiger charge is -2.30. The van der Waals surface area contributed by atoms with Crippen LogP contribution in [0.2, 0.25) is 0 Å². The standard InChI is InChI=1S/C19H34N2/c1-8-20-19(9-10-21(7)17(6)14(2)3)18-12-15(4)11-16(5)13-18/h11-14,17,19-20H,8-10H2,1-7H3. The number of nitrogens with one attached hydrogen (secondary N) is 1. The average molecular weight is 290 g/mol. The highest BCUT2D eigenvalue weighted by Gasteiger charge is 2.16. The predicted octanol–water partition coefficient (Wildman–Crippen LogP) is 4.32. The molecule has 0 amide bonds. The Morgan fingerprint density at radius 1 is 1.05 bits per heavy atom. The van der Waals surface area contributed by atoms with Gasteiger partial charge in [-0.2, -0.15) is 0 Å². The van der Waals surface area contributed by atoms with Crippen molar-refractivity contribution in [1.29, 1.82) is 0 Å². The molecule has 0 heterocycles. The lowest BCUT2D eigenvalue weighted by Crippen LogP contribution is -2.36. The molecule has 1 aromatic carbocycles. The van der Waals surface area contributed by atoms with Crippen LogP contribution in [0, 0.1) is 19.8 Å². The van der Waals surface area contributed by atoms with Gasteiger partial charge in [0.05, 0.1) is 0 Å². The molecule has 2 unspecified atom stereocenters. The summed E-state index contributed by atoms with van der Waals surface area (Å²) in [7, 11) is 2.25. The lowest BCUT2D eigenvalue weighted by molar-refractivity contribution is 0.198. The van der Waals surface area contributed by atoms with Crippen molar-refractivity contribution < 1.29 is 0 Å². The average Bonchev–Trinajstić information content (AvgIpc) is 2.40. The fraction of sp³-hybridized carbons (Fsp3) is 0.684. The second-order valence-electron chi connectivity index (χ2n) is 6.79. The molecule has 0 radical (unpaired) electrons. The van der Waals surface area contributed by atoms with E-state index in [1.54, 1.807) is 0 Å². The van der Waals surface area contributed by atoms with Gasteiger partial charge in [-0.3, -0.25) is 0 Å². The molecule has 0 spiro atoms. The summed E-state index contributed by atoms with van der Waals surface area (Å²) in [5.74, 6) is 0.703. The van der Waals surface area contributed by atoms with Gasteiger partial charge in [0.1, 0.15) is 0 Å². The highest BCUT2D eigenvalue weighted by atomic mass is 15.1. The van der Waals surface area contributed by atoms with E-state index in [0.29, 0.717) is 18.0 Å². The third kappa shape index (κ3) is 5.80. The SMILES string of the molecule is CCNC(CCN(C)C(C)C(C)C)c1cc(C)cc(C)c1. The molecule has 0 aliphatic carbocycles. The summed E-state index contributed by atoms with van der Waals surface area (Å²) in [5.41, 5.74) is 4.15. The Morgan fingerprint density at radius 3 is 2.10 bits per heavy atom. The van der Waals surface area contributed by atoms with Crippen LogP contribution in [0.1, 0.15) is 56.8 Å². The number of rotatable bonds is 8. The Hall–Kier alpha value is -0.860.